The first kappa shape index (κ1) is 21.6. The van der Waals surface area contributed by atoms with Gasteiger partial charge >= 0.3 is 0 Å². The number of ether oxygens (including phenoxy) is 1. The highest BCUT2D eigenvalue weighted by Crippen LogP contribution is 2.29. The van der Waals surface area contributed by atoms with E-state index in [1.807, 2.05) is 39.3 Å². The van der Waals surface area contributed by atoms with Gasteiger partial charge in [-0.15, -0.1) is 0 Å². The van der Waals surface area contributed by atoms with Crippen molar-refractivity contribution in [1.82, 2.24) is 25.2 Å². The predicted octanol–water partition coefficient (Wildman–Crippen LogP) is 3.23. The third kappa shape index (κ3) is 4.88. The maximum Gasteiger partial charge on any atom is 0.222 e. The lowest BCUT2D eigenvalue weighted by Crippen LogP contribution is -2.27. The Labute approximate surface area is 177 Å². The lowest BCUT2D eigenvalue weighted by molar-refractivity contribution is -0.129. The van der Waals surface area contributed by atoms with E-state index >= 15 is 0 Å². The number of aromatic nitrogens is 3. The number of hydrogen-bond acceptors (Lipinski definition) is 6. The fourth-order valence-electron chi connectivity index (χ4n) is 3.54. The Morgan fingerprint density at radius 3 is 2.83 bits per heavy atom. The number of rotatable bonds is 10. The Bertz CT molecular complexity index is 1000. The highest BCUT2D eigenvalue weighted by Gasteiger charge is 2.13. The van der Waals surface area contributed by atoms with Crippen LogP contribution in [0.3, 0.4) is 0 Å². The van der Waals surface area contributed by atoms with Crippen LogP contribution >= 0.6 is 0 Å². The third-order valence-corrected chi connectivity index (χ3v) is 5.13. The van der Waals surface area contributed by atoms with E-state index in [-0.39, 0.29) is 5.91 Å². The van der Waals surface area contributed by atoms with Crippen molar-refractivity contribution in [2.24, 2.45) is 0 Å². The number of aromatic amines is 1. The van der Waals surface area contributed by atoms with E-state index in [2.05, 4.69) is 31.7 Å². The molecule has 0 aliphatic carbocycles. The number of amides is 1. The van der Waals surface area contributed by atoms with E-state index in [1.54, 1.807) is 18.3 Å². The molecule has 0 aliphatic rings. The number of benzene rings is 1. The van der Waals surface area contributed by atoms with Gasteiger partial charge in [-0.1, -0.05) is 6.92 Å². The van der Waals surface area contributed by atoms with Crippen molar-refractivity contribution in [3.8, 4) is 5.75 Å². The predicted molar refractivity (Wildman–Crippen MR) is 119 cm³/mol. The molecule has 0 saturated carbocycles. The van der Waals surface area contributed by atoms with Crippen molar-refractivity contribution in [2.45, 2.75) is 32.7 Å². The van der Waals surface area contributed by atoms with Gasteiger partial charge in [0.1, 0.15) is 23.5 Å². The molecule has 2 aromatic heterocycles. The molecule has 1 amide bonds. The molecule has 3 aromatic rings. The van der Waals surface area contributed by atoms with Crippen molar-refractivity contribution in [1.29, 1.82) is 0 Å². The second-order valence-electron chi connectivity index (χ2n) is 7.21. The van der Waals surface area contributed by atoms with Gasteiger partial charge in [-0.2, -0.15) is 0 Å². The number of nitrogens with one attached hydrogen (secondary N) is 3. The summed E-state index contributed by atoms with van der Waals surface area (Å²) in [4.78, 5) is 25.6. The molecule has 3 N–H and O–H groups in total. The summed E-state index contributed by atoms with van der Waals surface area (Å²) in [6.07, 6.45) is 5.77. The quantitative estimate of drug-likeness (QED) is 0.475. The number of carbonyl (C=O) groups is 1. The number of fused-ring (bicyclic) bond motifs is 1. The minimum atomic E-state index is 0.163. The molecule has 0 bridgehead atoms. The Morgan fingerprint density at radius 2 is 2.10 bits per heavy atom. The van der Waals surface area contributed by atoms with Crippen LogP contribution in [-0.2, 0) is 17.8 Å². The van der Waals surface area contributed by atoms with Gasteiger partial charge in [0.15, 0.2) is 0 Å². The fourth-order valence-corrected chi connectivity index (χ4v) is 3.54. The molecular weight excluding hydrogens is 380 g/mol. The van der Waals surface area contributed by atoms with Crippen molar-refractivity contribution < 1.29 is 9.53 Å². The smallest absolute Gasteiger partial charge is 0.222 e. The Kier molecular flexibility index (Phi) is 7.24. The molecule has 3 rings (SSSR count). The van der Waals surface area contributed by atoms with Crippen LogP contribution in [0.1, 0.15) is 30.9 Å². The molecule has 0 saturated heterocycles. The molecule has 0 fully saturated rings. The summed E-state index contributed by atoms with van der Waals surface area (Å²) in [6.45, 7) is 3.31. The molecule has 160 valence electrons. The average Bonchev–Trinajstić information content (AvgIpc) is 3.17. The Morgan fingerprint density at radius 1 is 1.27 bits per heavy atom. The number of hydrogen-bond donors (Lipinski definition) is 3. The van der Waals surface area contributed by atoms with Gasteiger partial charge in [-0.05, 0) is 43.7 Å². The van der Waals surface area contributed by atoms with Gasteiger partial charge in [0, 0.05) is 44.0 Å². The molecule has 8 heteroatoms. The summed E-state index contributed by atoms with van der Waals surface area (Å²) in [5.74, 6) is 1.77. The van der Waals surface area contributed by atoms with Crippen LogP contribution in [0.4, 0.5) is 11.5 Å². The monoisotopic (exact) mass is 410 g/mol. The zero-order chi connectivity index (χ0) is 21.5. The second-order valence-corrected chi connectivity index (χ2v) is 7.21. The Hall–Kier alpha value is -3.13. The molecule has 30 heavy (non-hydrogen) atoms. The number of nitrogens with zero attached hydrogens (tertiary/aromatic N) is 3. The fraction of sp³-hybridized carbons (Fsp3) is 0.409. The number of anilines is 2. The molecule has 2 heterocycles. The summed E-state index contributed by atoms with van der Waals surface area (Å²) in [7, 11) is 5.43. The molecular formula is C22H30N6O2. The van der Waals surface area contributed by atoms with Crippen LogP contribution in [0.15, 0.2) is 30.7 Å². The maximum absolute atomic E-state index is 11.8. The normalized spacial score (nSPS) is 10.9. The first-order chi connectivity index (χ1) is 14.6. The van der Waals surface area contributed by atoms with Crippen LogP contribution in [0.25, 0.3) is 11.0 Å². The second kappa shape index (κ2) is 10.1. The van der Waals surface area contributed by atoms with Crippen molar-refractivity contribution in [3.05, 3.63) is 41.9 Å². The number of carbonyl (C=O) groups excluding carboxylic acids is 1. The largest absolute Gasteiger partial charge is 0.496 e. The molecule has 0 spiro atoms. The molecule has 0 radical (unpaired) electrons. The lowest BCUT2D eigenvalue weighted by atomic mass is 10.1. The zero-order valence-corrected chi connectivity index (χ0v) is 18.1. The van der Waals surface area contributed by atoms with Gasteiger partial charge in [-0.3, -0.25) is 4.79 Å². The van der Waals surface area contributed by atoms with E-state index in [4.69, 9.17) is 4.74 Å². The third-order valence-electron chi connectivity index (χ3n) is 5.13. The highest BCUT2D eigenvalue weighted by molar-refractivity contribution is 5.92. The van der Waals surface area contributed by atoms with Gasteiger partial charge < -0.3 is 25.3 Å². The van der Waals surface area contributed by atoms with Crippen LogP contribution in [0.5, 0.6) is 5.75 Å². The average molecular weight is 411 g/mol. The molecule has 0 aliphatic heterocycles. The number of H-pyrrole nitrogens is 1. The molecule has 1 aromatic carbocycles. The molecule has 8 nitrogen and oxygen atoms in total. The summed E-state index contributed by atoms with van der Waals surface area (Å²) < 4.78 is 5.44. The first-order valence-corrected chi connectivity index (χ1v) is 10.2. The molecule has 0 atom stereocenters. The zero-order valence-electron chi connectivity index (χ0n) is 18.1. The van der Waals surface area contributed by atoms with Crippen molar-refractivity contribution in [2.75, 3.05) is 33.1 Å². The topological polar surface area (TPSA) is 95.2 Å². The van der Waals surface area contributed by atoms with E-state index in [0.717, 1.165) is 58.8 Å². The van der Waals surface area contributed by atoms with Crippen LogP contribution in [0.2, 0.25) is 0 Å². The van der Waals surface area contributed by atoms with E-state index in [9.17, 15) is 4.79 Å². The van der Waals surface area contributed by atoms with Gasteiger partial charge in [0.05, 0.1) is 12.5 Å². The summed E-state index contributed by atoms with van der Waals surface area (Å²) in [5.41, 5.74) is 3.92. The Balaban J connectivity index is 1.81. The van der Waals surface area contributed by atoms with Crippen LogP contribution in [0, 0.1) is 0 Å². The number of methoxy groups -OCH3 is 1. The van der Waals surface area contributed by atoms with Gasteiger partial charge in [-0.25, -0.2) is 9.97 Å². The van der Waals surface area contributed by atoms with Crippen molar-refractivity contribution >= 4 is 28.4 Å². The lowest BCUT2D eigenvalue weighted by Gasteiger charge is -2.16. The minimum absolute atomic E-state index is 0.163. The number of aryl methyl sites for hydroxylation is 1. The summed E-state index contributed by atoms with van der Waals surface area (Å²) in [5, 5.41) is 7.57. The standard InChI is InChI=1S/C22H30N6O2/c1-5-19(29)28(3)10-6-7-15-13-24-21-20(15)22(26-14-25-21)27-17-8-9-18(30-4)16(11-17)12-23-2/h8-9,11,13-14,23H,5-7,10,12H2,1-4H3,(H2,24,25,26,27). The minimum Gasteiger partial charge on any atom is -0.496 e. The van der Waals surface area contributed by atoms with Crippen molar-refractivity contribution in [3.63, 3.8) is 0 Å². The SMILES string of the molecule is CCC(=O)N(C)CCCc1c[nH]c2ncnc(Nc3ccc(OC)c(CNC)c3)c12. The van der Waals surface area contributed by atoms with Crippen LogP contribution in [-0.4, -0.2) is 53.5 Å². The van der Waals surface area contributed by atoms with E-state index in [0.29, 0.717) is 13.0 Å². The first-order valence-electron chi connectivity index (χ1n) is 10.2. The highest BCUT2D eigenvalue weighted by atomic mass is 16.5. The van der Waals surface area contributed by atoms with Gasteiger partial charge in [0.25, 0.3) is 0 Å². The molecule has 0 unspecified atom stereocenters. The van der Waals surface area contributed by atoms with E-state index < -0.39 is 0 Å². The summed E-state index contributed by atoms with van der Waals surface area (Å²) >= 11 is 0. The maximum atomic E-state index is 11.8. The van der Waals surface area contributed by atoms with Gasteiger partial charge in [0.2, 0.25) is 5.91 Å². The van der Waals surface area contributed by atoms with E-state index in [1.165, 1.54) is 0 Å². The summed E-state index contributed by atoms with van der Waals surface area (Å²) in [6, 6.07) is 5.98. The van der Waals surface area contributed by atoms with Crippen LogP contribution < -0.4 is 15.4 Å².